The second-order valence-corrected chi connectivity index (χ2v) is 4.99. The van der Waals surface area contributed by atoms with Crippen molar-refractivity contribution in [1.29, 1.82) is 0 Å². The summed E-state index contributed by atoms with van der Waals surface area (Å²) in [6.45, 7) is 4.40. The Morgan fingerprint density at radius 2 is 2.06 bits per heavy atom. The lowest BCUT2D eigenvalue weighted by atomic mass is 10.1. The van der Waals surface area contributed by atoms with Gasteiger partial charge in [-0.2, -0.15) is 0 Å². The summed E-state index contributed by atoms with van der Waals surface area (Å²) in [6.07, 6.45) is 5.38. The van der Waals surface area contributed by atoms with Gasteiger partial charge >= 0.3 is 0 Å². The smallest absolute Gasteiger partial charge is 0.188 e. The number of nitrogens with zero attached hydrogens (tertiary/aromatic N) is 1. The van der Waals surface area contributed by atoms with Crippen LogP contribution in [0.4, 0.5) is 0 Å². The predicted octanol–water partition coefficient (Wildman–Crippen LogP) is 3.84. The van der Waals surface area contributed by atoms with Crippen LogP contribution in [-0.4, -0.2) is 30.5 Å². The fourth-order valence-corrected chi connectivity index (χ4v) is 2.16. The summed E-state index contributed by atoms with van der Waals surface area (Å²) in [5.74, 6) is -0.0214. The summed E-state index contributed by atoms with van der Waals surface area (Å²) >= 11 is 7.33. The summed E-state index contributed by atoms with van der Waals surface area (Å²) in [6, 6.07) is 6.89. The summed E-state index contributed by atoms with van der Waals surface area (Å²) < 4.78 is 0. The molecule has 0 N–H and O–H groups in total. The molecule has 0 atom stereocenters. The number of allylic oxidation sites excluding steroid dienone is 1. The van der Waals surface area contributed by atoms with Gasteiger partial charge in [-0.1, -0.05) is 17.7 Å². The van der Waals surface area contributed by atoms with E-state index in [0.29, 0.717) is 17.1 Å². The second-order valence-electron chi connectivity index (χ2n) is 3.73. The maximum Gasteiger partial charge on any atom is 0.188 e. The van der Waals surface area contributed by atoms with Crippen molar-refractivity contribution in [1.82, 2.24) is 4.90 Å². The monoisotopic (exact) mass is 281 g/mol. The fraction of sp³-hybridized carbons (Fsp3) is 0.214. The van der Waals surface area contributed by atoms with Crippen LogP contribution in [0.25, 0.3) is 0 Å². The first-order chi connectivity index (χ1) is 8.58. The Balaban J connectivity index is 2.88. The lowest BCUT2D eigenvalue weighted by molar-refractivity contribution is 0.104. The van der Waals surface area contributed by atoms with Gasteiger partial charge < -0.3 is 4.90 Å². The Labute approximate surface area is 117 Å². The minimum Gasteiger partial charge on any atom is -0.366 e. The van der Waals surface area contributed by atoms with E-state index in [4.69, 9.17) is 11.6 Å². The number of hydrogen-bond donors (Lipinski definition) is 0. The zero-order chi connectivity index (χ0) is 13.5. The Bertz CT molecular complexity index is 453. The third-order valence-electron chi connectivity index (χ3n) is 2.37. The Morgan fingerprint density at radius 1 is 1.44 bits per heavy atom. The van der Waals surface area contributed by atoms with Crippen molar-refractivity contribution in [2.75, 3.05) is 19.8 Å². The highest BCUT2D eigenvalue weighted by molar-refractivity contribution is 8.02. The number of benzene rings is 1. The largest absolute Gasteiger partial charge is 0.366 e. The summed E-state index contributed by atoms with van der Waals surface area (Å²) in [5, 5.41) is 1.54. The zero-order valence-corrected chi connectivity index (χ0v) is 12.1. The average molecular weight is 282 g/mol. The summed E-state index contributed by atoms with van der Waals surface area (Å²) in [5.41, 5.74) is 0.637. The van der Waals surface area contributed by atoms with Crippen molar-refractivity contribution >= 4 is 29.1 Å². The molecule has 0 spiro atoms. The van der Waals surface area contributed by atoms with E-state index in [0.717, 1.165) is 5.03 Å². The van der Waals surface area contributed by atoms with Crippen molar-refractivity contribution in [3.8, 4) is 0 Å². The molecule has 0 unspecified atom stereocenters. The number of likely N-dealkylation sites (N-methyl/N-ethyl adjacent to an activating group) is 1. The van der Waals surface area contributed by atoms with Gasteiger partial charge in [0.1, 0.15) is 0 Å². The molecule has 0 aromatic heterocycles. The van der Waals surface area contributed by atoms with E-state index < -0.39 is 0 Å². The van der Waals surface area contributed by atoms with Crippen LogP contribution in [0.1, 0.15) is 10.4 Å². The first-order valence-electron chi connectivity index (χ1n) is 5.46. The standard InChI is InChI=1S/C14H16ClNOS/c1-4-9-16(2)14(18-3)10-13(17)11-5-7-12(15)8-6-11/h4-8,10H,1,9H2,2-3H3/b14-10-. The number of ketones is 1. The van der Waals surface area contributed by atoms with E-state index in [9.17, 15) is 4.79 Å². The molecular weight excluding hydrogens is 266 g/mol. The molecule has 0 aliphatic carbocycles. The molecular formula is C14H16ClNOS. The molecule has 1 rings (SSSR count). The second kappa shape index (κ2) is 7.29. The number of halogens is 1. The normalized spacial score (nSPS) is 11.2. The van der Waals surface area contributed by atoms with Crippen molar-refractivity contribution in [2.24, 2.45) is 0 Å². The lowest BCUT2D eigenvalue weighted by Gasteiger charge is -2.18. The fourth-order valence-electron chi connectivity index (χ4n) is 1.42. The van der Waals surface area contributed by atoms with Crippen molar-refractivity contribution in [3.05, 3.63) is 58.6 Å². The molecule has 1 aromatic carbocycles. The van der Waals surface area contributed by atoms with Crippen molar-refractivity contribution in [3.63, 3.8) is 0 Å². The highest BCUT2D eigenvalue weighted by atomic mass is 35.5. The number of carbonyl (C=O) groups is 1. The highest BCUT2D eigenvalue weighted by Crippen LogP contribution is 2.17. The maximum absolute atomic E-state index is 12.0. The van der Waals surface area contributed by atoms with Gasteiger partial charge in [0.25, 0.3) is 0 Å². The zero-order valence-electron chi connectivity index (χ0n) is 10.5. The predicted molar refractivity (Wildman–Crippen MR) is 80.2 cm³/mol. The lowest BCUT2D eigenvalue weighted by Crippen LogP contribution is -2.16. The van der Waals surface area contributed by atoms with E-state index in [2.05, 4.69) is 6.58 Å². The van der Waals surface area contributed by atoms with Gasteiger partial charge in [0, 0.05) is 30.3 Å². The quantitative estimate of drug-likeness (QED) is 0.449. The first kappa shape index (κ1) is 14.9. The van der Waals surface area contributed by atoms with Crippen LogP contribution < -0.4 is 0 Å². The third kappa shape index (κ3) is 4.24. The van der Waals surface area contributed by atoms with E-state index in [-0.39, 0.29) is 5.78 Å². The molecule has 96 valence electrons. The minimum absolute atomic E-state index is 0.0214. The van der Waals surface area contributed by atoms with Crippen LogP contribution in [-0.2, 0) is 0 Å². The Morgan fingerprint density at radius 3 is 2.56 bits per heavy atom. The summed E-state index contributed by atoms with van der Waals surface area (Å²) in [7, 11) is 1.93. The summed E-state index contributed by atoms with van der Waals surface area (Å²) in [4.78, 5) is 14.0. The van der Waals surface area contributed by atoms with Crippen molar-refractivity contribution in [2.45, 2.75) is 0 Å². The van der Waals surface area contributed by atoms with Crippen LogP contribution in [0.5, 0.6) is 0 Å². The third-order valence-corrected chi connectivity index (χ3v) is 3.47. The molecule has 0 bridgehead atoms. The van der Waals surface area contributed by atoms with Gasteiger partial charge in [0.15, 0.2) is 5.78 Å². The molecule has 0 aliphatic heterocycles. The molecule has 0 saturated heterocycles. The van der Waals surface area contributed by atoms with Crippen molar-refractivity contribution < 1.29 is 4.79 Å². The molecule has 0 saturated carbocycles. The first-order valence-corrected chi connectivity index (χ1v) is 7.06. The van der Waals surface area contributed by atoms with Gasteiger partial charge in [0.2, 0.25) is 0 Å². The molecule has 1 aromatic rings. The Kier molecular flexibility index (Phi) is 6.02. The molecule has 18 heavy (non-hydrogen) atoms. The number of thioether (sulfide) groups is 1. The molecule has 2 nitrogen and oxygen atoms in total. The topological polar surface area (TPSA) is 20.3 Å². The molecule has 0 aliphatic rings. The van der Waals surface area contributed by atoms with E-state index in [1.807, 2.05) is 18.2 Å². The maximum atomic E-state index is 12.0. The van der Waals surface area contributed by atoms with E-state index in [1.54, 1.807) is 36.4 Å². The SMILES string of the molecule is C=CCN(C)/C(=C/C(=O)c1ccc(Cl)cc1)SC. The highest BCUT2D eigenvalue weighted by Gasteiger charge is 2.07. The van der Waals surface area contributed by atoms with Gasteiger partial charge in [-0.3, -0.25) is 4.79 Å². The average Bonchev–Trinajstić information content (AvgIpc) is 2.36. The molecule has 0 fully saturated rings. The molecule has 0 radical (unpaired) electrons. The van der Waals surface area contributed by atoms with Gasteiger partial charge in [0.05, 0.1) is 5.03 Å². The Hall–Kier alpha value is -1.19. The van der Waals surface area contributed by atoms with Crippen LogP contribution in [0.3, 0.4) is 0 Å². The van der Waals surface area contributed by atoms with Crippen LogP contribution in [0.2, 0.25) is 5.02 Å². The van der Waals surface area contributed by atoms with Crippen LogP contribution in [0, 0.1) is 0 Å². The van der Waals surface area contributed by atoms with Gasteiger partial charge in [-0.05, 0) is 30.5 Å². The van der Waals surface area contributed by atoms with E-state index in [1.165, 1.54) is 11.8 Å². The molecule has 4 heteroatoms. The number of carbonyl (C=O) groups excluding carboxylic acids is 1. The van der Waals surface area contributed by atoms with Gasteiger partial charge in [-0.25, -0.2) is 0 Å². The van der Waals surface area contributed by atoms with Gasteiger partial charge in [-0.15, -0.1) is 18.3 Å². The minimum atomic E-state index is -0.0214. The van der Waals surface area contributed by atoms with Crippen LogP contribution >= 0.6 is 23.4 Å². The molecule has 0 heterocycles. The number of rotatable bonds is 6. The van der Waals surface area contributed by atoms with E-state index >= 15 is 0 Å². The van der Waals surface area contributed by atoms with Crippen LogP contribution in [0.15, 0.2) is 48.0 Å². The molecule has 0 amide bonds. The number of hydrogen-bond acceptors (Lipinski definition) is 3.